The maximum absolute atomic E-state index is 2.60. The van der Waals surface area contributed by atoms with Gasteiger partial charge in [-0.15, -0.1) is 0 Å². The molecule has 0 aliphatic carbocycles. The minimum absolute atomic E-state index is 1.08. The standard InChI is InChI=1S/C11H16AsN/c1-4-13(5-2)10-6-7-11(12)9(3)8-10/h6-8H,4-5H2,1-3H3. The summed E-state index contributed by atoms with van der Waals surface area (Å²) in [5, 5.41) is 0. The normalized spacial score (nSPS) is 10.2. The number of hydrogen-bond donors (Lipinski definition) is 0. The molecule has 1 rings (SSSR count). The first-order valence-corrected chi connectivity index (χ1v) is 5.67. The Bertz CT molecular complexity index is 279. The monoisotopic (exact) mass is 237 g/mol. The second-order valence-electron chi connectivity index (χ2n) is 3.14. The molecule has 0 aromatic heterocycles. The molecule has 1 nitrogen and oxygen atoms in total. The molecule has 2 radical (unpaired) electrons. The first-order chi connectivity index (χ1) is 6.19. The maximum atomic E-state index is 2.60. The fraction of sp³-hybridized carbons (Fsp3) is 0.455. The summed E-state index contributed by atoms with van der Waals surface area (Å²) in [5.74, 6) is 0. The quantitative estimate of drug-likeness (QED) is 0.722. The van der Waals surface area contributed by atoms with Gasteiger partial charge in [0.05, 0.1) is 0 Å². The Morgan fingerprint density at radius 3 is 2.31 bits per heavy atom. The zero-order valence-electron chi connectivity index (χ0n) is 8.54. The molecule has 0 aliphatic heterocycles. The molecule has 0 fully saturated rings. The molecule has 70 valence electrons. The second-order valence-corrected chi connectivity index (χ2v) is 4.15. The van der Waals surface area contributed by atoms with Gasteiger partial charge in [-0.25, -0.2) is 0 Å². The Morgan fingerprint density at radius 2 is 1.85 bits per heavy atom. The van der Waals surface area contributed by atoms with Crippen LogP contribution in [0.15, 0.2) is 18.2 Å². The fourth-order valence-electron chi connectivity index (χ4n) is 1.43. The summed E-state index contributed by atoms with van der Waals surface area (Å²) in [6.07, 6.45) is 0. The molecule has 0 bridgehead atoms. The van der Waals surface area contributed by atoms with Crippen LogP contribution in [0.2, 0.25) is 0 Å². The zero-order chi connectivity index (χ0) is 9.84. The van der Waals surface area contributed by atoms with Crippen LogP contribution < -0.4 is 9.25 Å². The summed E-state index contributed by atoms with van der Waals surface area (Å²) >= 11 is 2.60. The van der Waals surface area contributed by atoms with Crippen molar-refractivity contribution in [2.45, 2.75) is 20.8 Å². The van der Waals surface area contributed by atoms with Crippen LogP contribution in [-0.2, 0) is 0 Å². The summed E-state index contributed by atoms with van der Waals surface area (Å²) in [4.78, 5) is 2.36. The Balaban J connectivity index is 2.95. The van der Waals surface area contributed by atoms with Crippen molar-refractivity contribution in [2.75, 3.05) is 18.0 Å². The van der Waals surface area contributed by atoms with E-state index in [9.17, 15) is 0 Å². The van der Waals surface area contributed by atoms with Gasteiger partial charge in [0.25, 0.3) is 0 Å². The van der Waals surface area contributed by atoms with Crippen LogP contribution in [-0.4, -0.2) is 29.9 Å². The van der Waals surface area contributed by atoms with Gasteiger partial charge in [-0.3, -0.25) is 0 Å². The summed E-state index contributed by atoms with van der Waals surface area (Å²) in [6.45, 7) is 8.69. The van der Waals surface area contributed by atoms with E-state index in [0.717, 1.165) is 13.1 Å². The average Bonchev–Trinajstić information content (AvgIpc) is 2.13. The van der Waals surface area contributed by atoms with Crippen molar-refractivity contribution in [3.63, 3.8) is 0 Å². The molecular weight excluding hydrogens is 221 g/mol. The Kier molecular flexibility index (Phi) is 3.86. The van der Waals surface area contributed by atoms with Gasteiger partial charge in [0.1, 0.15) is 0 Å². The predicted octanol–water partition coefficient (Wildman–Crippen LogP) is 1.64. The number of rotatable bonds is 3. The summed E-state index contributed by atoms with van der Waals surface area (Å²) in [6, 6.07) is 6.61. The van der Waals surface area contributed by atoms with Crippen molar-refractivity contribution in [2.24, 2.45) is 0 Å². The molecule has 2 heteroatoms. The third-order valence-corrected chi connectivity index (χ3v) is 3.36. The van der Waals surface area contributed by atoms with Crippen LogP contribution in [0, 0.1) is 6.92 Å². The molecule has 0 spiro atoms. The van der Waals surface area contributed by atoms with Crippen LogP contribution in [0.1, 0.15) is 19.4 Å². The van der Waals surface area contributed by atoms with Gasteiger partial charge in [0.2, 0.25) is 0 Å². The Labute approximate surface area is 89.6 Å². The van der Waals surface area contributed by atoms with Gasteiger partial charge in [0, 0.05) is 0 Å². The zero-order valence-corrected chi connectivity index (χ0v) is 10.4. The predicted molar refractivity (Wildman–Crippen MR) is 60.1 cm³/mol. The van der Waals surface area contributed by atoms with Gasteiger partial charge in [-0.1, -0.05) is 0 Å². The van der Waals surface area contributed by atoms with Crippen molar-refractivity contribution in [3.8, 4) is 0 Å². The number of benzene rings is 1. The van der Waals surface area contributed by atoms with E-state index in [0.29, 0.717) is 0 Å². The molecule has 0 N–H and O–H groups in total. The van der Waals surface area contributed by atoms with E-state index in [4.69, 9.17) is 0 Å². The summed E-state index contributed by atoms with van der Waals surface area (Å²) in [5.41, 5.74) is 2.68. The molecule has 0 saturated carbocycles. The first kappa shape index (κ1) is 10.7. The van der Waals surface area contributed by atoms with Crippen LogP contribution in [0.5, 0.6) is 0 Å². The van der Waals surface area contributed by atoms with Crippen molar-refractivity contribution >= 4 is 26.9 Å². The van der Waals surface area contributed by atoms with Crippen LogP contribution >= 0.6 is 0 Å². The molecule has 0 unspecified atom stereocenters. The first-order valence-electron chi connectivity index (χ1n) is 4.73. The van der Waals surface area contributed by atoms with Crippen LogP contribution in [0.3, 0.4) is 0 Å². The summed E-state index contributed by atoms with van der Waals surface area (Å²) < 4.78 is 1.31. The SMILES string of the molecule is CCN(CC)c1ccc([As])c(C)c1. The number of hydrogen-bond acceptors (Lipinski definition) is 1. The molecule has 0 heterocycles. The van der Waals surface area contributed by atoms with E-state index in [1.165, 1.54) is 15.6 Å². The Morgan fingerprint density at radius 1 is 1.23 bits per heavy atom. The van der Waals surface area contributed by atoms with Crippen molar-refractivity contribution in [1.82, 2.24) is 0 Å². The molecular formula is C11H16AsN. The Hall–Kier alpha value is -0.422. The van der Waals surface area contributed by atoms with Gasteiger partial charge in [-0.05, 0) is 0 Å². The van der Waals surface area contributed by atoms with E-state index in [2.05, 4.69) is 60.7 Å². The molecule has 1 aromatic rings. The average molecular weight is 237 g/mol. The van der Waals surface area contributed by atoms with E-state index in [1.807, 2.05) is 0 Å². The van der Waals surface area contributed by atoms with Crippen LogP contribution in [0.4, 0.5) is 5.69 Å². The minimum atomic E-state index is 1.08. The number of aryl methyl sites for hydroxylation is 1. The van der Waals surface area contributed by atoms with Crippen molar-refractivity contribution < 1.29 is 0 Å². The van der Waals surface area contributed by atoms with E-state index in [1.54, 1.807) is 0 Å². The van der Waals surface area contributed by atoms with Gasteiger partial charge in [0.15, 0.2) is 0 Å². The molecule has 0 aliphatic rings. The van der Waals surface area contributed by atoms with E-state index >= 15 is 0 Å². The third kappa shape index (κ3) is 2.51. The van der Waals surface area contributed by atoms with Gasteiger partial charge >= 0.3 is 89.4 Å². The topological polar surface area (TPSA) is 3.24 Å². The third-order valence-electron chi connectivity index (χ3n) is 2.31. The fourth-order valence-corrected chi connectivity index (χ4v) is 1.72. The van der Waals surface area contributed by atoms with E-state index < -0.39 is 0 Å². The van der Waals surface area contributed by atoms with Crippen LogP contribution in [0.25, 0.3) is 0 Å². The van der Waals surface area contributed by atoms with Gasteiger partial charge in [-0.2, -0.15) is 0 Å². The summed E-state index contributed by atoms with van der Waals surface area (Å²) in [7, 11) is 0. The number of anilines is 1. The second kappa shape index (κ2) is 4.71. The molecule has 0 saturated heterocycles. The van der Waals surface area contributed by atoms with Gasteiger partial charge < -0.3 is 0 Å². The molecule has 1 aromatic carbocycles. The molecule has 0 amide bonds. The van der Waals surface area contributed by atoms with E-state index in [-0.39, 0.29) is 0 Å². The van der Waals surface area contributed by atoms with Crippen molar-refractivity contribution in [3.05, 3.63) is 23.8 Å². The molecule has 13 heavy (non-hydrogen) atoms. The van der Waals surface area contributed by atoms with Crippen molar-refractivity contribution in [1.29, 1.82) is 0 Å². The number of nitrogens with zero attached hydrogens (tertiary/aromatic N) is 1. The molecule has 0 atom stereocenters.